The van der Waals surface area contributed by atoms with Crippen molar-refractivity contribution in [3.8, 4) is 0 Å². The topological polar surface area (TPSA) is 83.0 Å². The summed E-state index contributed by atoms with van der Waals surface area (Å²) in [6, 6.07) is -0.971. The fraction of sp³-hybridized carbons (Fsp3) is 0.571. The SMILES string of the molecule is COC(=O)C(N)C(C)n1cncn1. The number of nitrogens with zero attached hydrogens (tertiary/aromatic N) is 3. The zero-order chi connectivity index (χ0) is 9.84. The predicted octanol–water partition coefficient (Wildman–Crippen LogP) is -0.661. The molecule has 0 aliphatic carbocycles. The molecule has 0 fully saturated rings. The zero-order valence-electron chi connectivity index (χ0n) is 7.54. The normalized spacial score (nSPS) is 15.0. The molecule has 2 unspecified atom stereocenters. The summed E-state index contributed by atoms with van der Waals surface area (Å²) in [6.45, 7) is 1.77. The van der Waals surface area contributed by atoms with Gasteiger partial charge in [-0.25, -0.2) is 9.67 Å². The molecule has 0 bridgehead atoms. The average molecular weight is 184 g/mol. The molecule has 0 amide bonds. The van der Waals surface area contributed by atoms with Crippen molar-refractivity contribution in [3.05, 3.63) is 12.7 Å². The summed E-state index contributed by atoms with van der Waals surface area (Å²) < 4.78 is 6.02. The molecule has 72 valence electrons. The number of methoxy groups -OCH3 is 1. The fourth-order valence-electron chi connectivity index (χ4n) is 0.925. The van der Waals surface area contributed by atoms with Gasteiger partial charge in [0.25, 0.3) is 0 Å². The lowest BCUT2D eigenvalue weighted by atomic mass is 10.1. The highest BCUT2D eigenvalue weighted by molar-refractivity contribution is 5.75. The fourth-order valence-corrected chi connectivity index (χ4v) is 0.925. The highest BCUT2D eigenvalue weighted by Crippen LogP contribution is 2.07. The van der Waals surface area contributed by atoms with Gasteiger partial charge in [0.1, 0.15) is 18.7 Å². The molecule has 6 nitrogen and oxygen atoms in total. The third-order valence-corrected chi connectivity index (χ3v) is 1.85. The molecular weight excluding hydrogens is 172 g/mol. The van der Waals surface area contributed by atoms with Gasteiger partial charge in [0.2, 0.25) is 0 Å². The third-order valence-electron chi connectivity index (χ3n) is 1.85. The maximum absolute atomic E-state index is 11.0. The van der Waals surface area contributed by atoms with E-state index in [9.17, 15) is 4.79 Å². The van der Waals surface area contributed by atoms with Crippen LogP contribution in [0.1, 0.15) is 13.0 Å². The molecule has 1 aromatic heterocycles. The number of ether oxygens (including phenoxy) is 1. The number of rotatable bonds is 3. The molecule has 2 N–H and O–H groups in total. The van der Waals surface area contributed by atoms with Crippen molar-refractivity contribution in [1.29, 1.82) is 0 Å². The Bertz CT molecular complexity index is 272. The summed E-state index contributed by atoms with van der Waals surface area (Å²) in [6.07, 6.45) is 2.90. The summed E-state index contributed by atoms with van der Waals surface area (Å²) in [5.74, 6) is -0.456. The molecule has 1 rings (SSSR count). The van der Waals surface area contributed by atoms with Crippen molar-refractivity contribution < 1.29 is 9.53 Å². The molecular formula is C7H12N4O2. The Kier molecular flexibility index (Phi) is 2.97. The third kappa shape index (κ3) is 2.03. The summed E-state index contributed by atoms with van der Waals surface area (Å²) in [7, 11) is 1.30. The van der Waals surface area contributed by atoms with E-state index in [0.29, 0.717) is 0 Å². The van der Waals surface area contributed by atoms with E-state index >= 15 is 0 Å². The van der Waals surface area contributed by atoms with Gasteiger partial charge in [-0.1, -0.05) is 0 Å². The van der Waals surface area contributed by atoms with Crippen LogP contribution in [0.15, 0.2) is 12.7 Å². The van der Waals surface area contributed by atoms with Crippen LogP contribution >= 0.6 is 0 Å². The maximum atomic E-state index is 11.0. The second kappa shape index (κ2) is 3.99. The van der Waals surface area contributed by atoms with Crippen molar-refractivity contribution >= 4 is 5.97 Å². The summed E-state index contributed by atoms with van der Waals surface area (Å²) in [5.41, 5.74) is 5.60. The average Bonchev–Trinajstić information content (AvgIpc) is 2.67. The van der Waals surface area contributed by atoms with Gasteiger partial charge in [0, 0.05) is 0 Å². The smallest absolute Gasteiger partial charge is 0.324 e. The van der Waals surface area contributed by atoms with Crippen LogP contribution in [0.5, 0.6) is 0 Å². The van der Waals surface area contributed by atoms with Crippen molar-refractivity contribution in [3.63, 3.8) is 0 Å². The number of esters is 1. The van der Waals surface area contributed by atoms with Crippen molar-refractivity contribution in [2.75, 3.05) is 7.11 Å². The first-order valence-electron chi connectivity index (χ1n) is 3.84. The Morgan fingerprint density at radius 1 is 1.69 bits per heavy atom. The van der Waals surface area contributed by atoms with Crippen LogP contribution in [-0.2, 0) is 9.53 Å². The number of nitrogens with two attached hydrogens (primary N) is 1. The lowest BCUT2D eigenvalue weighted by Gasteiger charge is -2.16. The lowest BCUT2D eigenvalue weighted by molar-refractivity contribution is -0.143. The number of carbonyl (C=O) groups is 1. The summed E-state index contributed by atoms with van der Waals surface area (Å²) >= 11 is 0. The Morgan fingerprint density at radius 2 is 2.38 bits per heavy atom. The van der Waals surface area contributed by atoms with Crippen LogP contribution in [0.2, 0.25) is 0 Å². The van der Waals surface area contributed by atoms with Gasteiger partial charge < -0.3 is 10.5 Å². The minimum absolute atomic E-state index is 0.255. The Balaban J connectivity index is 2.68. The summed E-state index contributed by atoms with van der Waals surface area (Å²) in [4.78, 5) is 14.8. The molecule has 1 aromatic rings. The Labute approximate surface area is 75.7 Å². The molecule has 0 saturated carbocycles. The van der Waals surface area contributed by atoms with Crippen LogP contribution in [0.3, 0.4) is 0 Å². The van der Waals surface area contributed by atoms with Crippen LogP contribution < -0.4 is 5.73 Å². The van der Waals surface area contributed by atoms with Gasteiger partial charge in [0.15, 0.2) is 0 Å². The molecule has 13 heavy (non-hydrogen) atoms. The van der Waals surface area contributed by atoms with Crippen molar-refractivity contribution in [2.24, 2.45) is 5.73 Å². The minimum atomic E-state index is -0.716. The minimum Gasteiger partial charge on any atom is -0.468 e. The second-order valence-corrected chi connectivity index (χ2v) is 2.67. The van der Waals surface area contributed by atoms with Gasteiger partial charge in [-0.3, -0.25) is 4.79 Å². The molecule has 1 heterocycles. The van der Waals surface area contributed by atoms with Gasteiger partial charge in [0.05, 0.1) is 13.2 Å². The monoisotopic (exact) mass is 184 g/mol. The van der Waals surface area contributed by atoms with Gasteiger partial charge in [-0.15, -0.1) is 0 Å². The molecule has 2 atom stereocenters. The lowest BCUT2D eigenvalue weighted by Crippen LogP contribution is -2.39. The standard InChI is InChI=1S/C7H12N4O2/c1-5(6(8)7(12)13-2)11-4-9-3-10-11/h3-6H,8H2,1-2H3. The maximum Gasteiger partial charge on any atom is 0.324 e. The first-order valence-corrected chi connectivity index (χ1v) is 3.84. The van der Waals surface area contributed by atoms with Gasteiger partial charge in [-0.2, -0.15) is 5.10 Å². The number of aromatic nitrogens is 3. The predicted molar refractivity (Wildman–Crippen MR) is 44.7 cm³/mol. The highest BCUT2D eigenvalue weighted by atomic mass is 16.5. The van der Waals surface area contributed by atoms with Crippen LogP contribution in [0.4, 0.5) is 0 Å². The van der Waals surface area contributed by atoms with E-state index in [-0.39, 0.29) is 6.04 Å². The Hall–Kier alpha value is -1.43. The molecule has 6 heteroatoms. The van der Waals surface area contributed by atoms with Crippen LogP contribution in [0, 0.1) is 0 Å². The van der Waals surface area contributed by atoms with Crippen molar-refractivity contribution in [1.82, 2.24) is 14.8 Å². The Morgan fingerprint density at radius 3 is 2.85 bits per heavy atom. The van der Waals surface area contributed by atoms with E-state index in [0.717, 1.165) is 0 Å². The van der Waals surface area contributed by atoms with E-state index in [1.807, 2.05) is 0 Å². The van der Waals surface area contributed by atoms with Gasteiger partial charge >= 0.3 is 5.97 Å². The van der Waals surface area contributed by atoms with Crippen LogP contribution in [0.25, 0.3) is 0 Å². The molecule has 0 aromatic carbocycles. The van der Waals surface area contributed by atoms with E-state index < -0.39 is 12.0 Å². The van der Waals surface area contributed by atoms with E-state index in [1.54, 1.807) is 6.92 Å². The first kappa shape index (κ1) is 9.66. The number of hydrogen-bond acceptors (Lipinski definition) is 5. The molecule has 0 saturated heterocycles. The highest BCUT2D eigenvalue weighted by Gasteiger charge is 2.23. The quantitative estimate of drug-likeness (QED) is 0.630. The van der Waals surface area contributed by atoms with Gasteiger partial charge in [-0.05, 0) is 6.92 Å². The molecule has 0 spiro atoms. The first-order chi connectivity index (χ1) is 6.16. The zero-order valence-corrected chi connectivity index (χ0v) is 7.54. The van der Waals surface area contributed by atoms with Crippen molar-refractivity contribution in [2.45, 2.75) is 19.0 Å². The molecule has 0 radical (unpaired) electrons. The summed E-state index contributed by atoms with van der Waals surface area (Å²) in [5, 5.41) is 3.87. The second-order valence-electron chi connectivity index (χ2n) is 2.67. The number of carbonyl (C=O) groups excluding carboxylic acids is 1. The molecule has 0 aliphatic rings. The number of hydrogen-bond donors (Lipinski definition) is 1. The van der Waals surface area contributed by atoms with E-state index in [4.69, 9.17) is 5.73 Å². The van der Waals surface area contributed by atoms with E-state index in [1.165, 1.54) is 24.4 Å². The molecule has 0 aliphatic heterocycles. The largest absolute Gasteiger partial charge is 0.468 e. The van der Waals surface area contributed by atoms with Crippen LogP contribution in [-0.4, -0.2) is 33.9 Å². The van der Waals surface area contributed by atoms with E-state index in [2.05, 4.69) is 14.8 Å².